The molecule has 0 bridgehead atoms. The van der Waals surface area contributed by atoms with Crippen molar-refractivity contribution >= 4 is 11.8 Å². The molecule has 3 rings (SSSR count). The molecule has 5 nitrogen and oxygen atoms in total. The van der Waals surface area contributed by atoms with E-state index >= 15 is 0 Å². The Bertz CT molecular complexity index is 605. The van der Waals surface area contributed by atoms with Crippen LogP contribution in [0, 0.1) is 0 Å². The molecule has 2 atom stereocenters. The molecule has 1 fully saturated rings. The third kappa shape index (κ3) is 3.21. The number of anilines is 1. The number of aryl methyl sites for hydroxylation is 1. The number of alkyl halides is 3. The van der Waals surface area contributed by atoms with Gasteiger partial charge in [0.15, 0.2) is 6.10 Å². The molecule has 126 valence electrons. The second kappa shape index (κ2) is 5.92. The Kier molecular flexibility index (Phi) is 4.09. The van der Waals surface area contributed by atoms with Gasteiger partial charge >= 0.3 is 12.3 Å². The molecule has 2 aliphatic heterocycles. The van der Waals surface area contributed by atoms with E-state index in [1.165, 1.54) is 0 Å². The maximum absolute atomic E-state index is 12.2. The van der Waals surface area contributed by atoms with Crippen molar-refractivity contribution in [2.75, 3.05) is 18.1 Å². The first-order valence-corrected chi connectivity index (χ1v) is 7.33. The van der Waals surface area contributed by atoms with Gasteiger partial charge in [-0.3, -0.25) is 4.90 Å². The number of ether oxygens (including phenoxy) is 2. The van der Waals surface area contributed by atoms with E-state index in [0.29, 0.717) is 12.4 Å². The smallest absolute Gasteiger partial charge is 0.414 e. The Labute approximate surface area is 130 Å². The molecule has 1 unspecified atom stereocenters. The summed E-state index contributed by atoms with van der Waals surface area (Å²) in [4.78, 5) is 13.3. The van der Waals surface area contributed by atoms with Gasteiger partial charge in [-0.25, -0.2) is 4.79 Å². The van der Waals surface area contributed by atoms with Gasteiger partial charge in [-0.05, 0) is 36.6 Å². The van der Waals surface area contributed by atoms with E-state index < -0.39 is 18.7 Å². The molecule has 0 spiro atoms. The van der Waals surface area contributed by atoms with Crippen LogP contribution in [0.2, 0.25) is 0 Å². The number of fused-ring (bicyclic) bond motifs is 3. The topological polar surface area (TPSA) is 59.0 Å². The molecule has 1 N–H and O–H groups in total. The van der Waals surface area contributed by atoms with Gasteiger partial charge in [0.1, 0.15) is 12.4 Å². The number of rotatable bonds is 4. The third-order valence-electron chi connectivity index (χ3n) is 4.06. The zero-order valence-electron chi connectivity index (χ0n) is 12.2. The molecule has 1 aromatic rings. The number of hydrogen-bond acceptors (Lipinski definition) is 4. The quantitative estimate of drug-likeness (QED) is 0.921. The van der Waals surface area contributed by atoms with Crippen LogP contribution >= 0.6 is 0 Å². The number of carbonyl (C=O) groups excluding carboxylic acids is 1. The molecule has 0 radical (unpaired) electrons. The van der Waals surface area contributed by atoms with E-state index in [1.54, 1.807) is 23.1 Å². The summed E-state index contributed by atoms with van der Waals surface area (Å²) in [6.45, 7) is 0.139. The van der Waals surface area contributed by atoms with Gasteiger partial charge in [0.25, 0.3) is 0 Å². The van der Waals surface area contributed by atoms with Crippen molar-refractivity contribution in [3.8, 4) is 5.75 Å². The van der Waals surface area contributed by atoms with Gasteiger partial charge in [-0.1, -0.05) is 0 Å². The minimum Gasteiger partial charge on any atom is -0.493 e. The summed E-state index contributed by atoms with van der Waals surface area (Å²) in [5, 5.41) is 8.92. The van der Waals surface area contributed by atoms with Crippen LogP contribution in [-0.2, 0) is 11.2 Å². The number of cyclic esters (lactones) is 1. The van der Waals surface area contributed by atoms with Crippen LogP contribution < -0.4 is 9.64 Å². The van der Waals surface area contributed by atoms with Crippen LogP contribution in [0.1, 0.15) is 18.4 Å². The number of hydrogen-bond donors (Lipinski definition) is 1. The van der Waals surface area contributed by atoms with Crippen molar-refractivity contribution in [3.63, 3.8) is 0 Å². The first kappa shape index (κ1) is 15.9. The van der Waals surface area contributed by atoms with Crippen LogP contribution in [0.15, 0.2) is 18.2 Å². The first-order valence-electron chi connectivity index (χ1n) is 7.33. The van der Waals surface area contributed by atoms with Gasteiger partial charge < -0.3 is 14.6 Å². The lowest BCUT2D eigenvalue weighted by Gasteiger charge is -2.29. The summed E-state index contributed by atoms with van der Waals surface area (Å²) in [6, 6.07) is 5.08. The number of aliphatic hydroxyl groups excluding tert-OH is 1. The second-order valence-electron chi connectivity index (χ2n) is 5.62. The number of carbonyl (C=O) groups is 1. The average molecular weight is 331 g/mol. The van der Waals surface area contributed by atoms with E-state index in [0.717, 1.165) is 24.1 Å². The Morgan fingerprint density at radius 3 is 2.96 bits per heavy atom. The van der Waals surface area contributed by atoms with Crippen molar-refractivity contribution in [1.82, 2.24) is 0 Å². The molecule has 2 heterocycles. The maximum atomic E-state index is 12.2. The van der Waals surface area contributed by atoms with Crippen LogP contribution in [0.3, 0.4) is 0 Å². The molecular weight excluding hydrogens is 315 g/mol. The first-order chi connectivity index (χ1) is 10.9. The molecule has 1 saturated heterocycles. The van der Waals surface area contributed by atoms with Gasteiger partial charge in [0, 0.05) is 6.42 Å². The zero-order chi connectivity index (χ0) is 16.6. The summed E-state index contributed by atoms with van der Waals surface area (Å²) in [7, 11) is 0. The summed E-state index contributed by atoms with van der Waals surface area (Å²) in [5.74, 6) is 0.420. The van der Waals surface area contributed by atoms with E-state index in [2.05, 4.69) is 0 Å². The lowest BCUT2D eigenvalue weighted by molar-refractivity contribution is -0.206. The monoisotopic (exact) mass is 331 g/mol. The van der Waals surface area contributed by atoms with E-state index in [-0.39, 0.29) is 18.7 Å². The molecule has 1 amide bonds. The lowest BCUT2D eigenvalue weighted by atomic mass is 9.97. The van der Waals surface area contributed by atoms with Crippen LogP contribution in [-0.4, -0.2) is 42.7 Å². The van der Waals surface area contributed by atoms with Crippen LogP contribution in [0.5, 0.6) is 5.75 Å². The molecule has 0 saturated carbocycles. The van der Waals surface area contributed by atoms with Gasteiger partial charge in [0.05, 0.1) is 18.3 Å². The van der Waals surface area contributed by atoms with Crippen molar-refractivity contribution < 1.29 is 32.5 Å². The minimum atomic E-state index is -4.63. The number of benzene rings is 1. The largest absolute Gasteiger partial charge is 0.493 e. The van der Waals surface area contributed by atoms with Crippen LogP contribution in [0.4, 0.5) is 23.7 Å². The molecule has 2 aliphatic rings. The van der Waals surface area contributed by atoms with Crippen LogP contribution in [0.25, 0.3) is 0 Å². The van der Waals surface area contributed by atoms with E-state index in [9.17, 15) is 18.0 Å². The number of amides is 1. The number of aliphatic hydroxyl groups is 1. The van der Waals surface area contributed by atoms with E-state index in [4.69, 9.17) is 14.6 Å². The zero-order valence-corrected chi connectivity index (χ0v) is 12.2. The second-order valence-corrected chi connectivity index (χ2v) is 5.62. The fourth-order valence-corrected chi connectivity index (χ4v) is 2.83. The SMILES string of the molecule is O=C1OCC2CCc3cc(OCC[C@@H](O)C(F)(F)F)ccc3N12. The number of nitrogens with zero attached hydrogens (tertiary/aromatic N) is 1. The minimum absolute atomic E-state index is 0.0451. The normalized spacial score (nSPS) is 21.5. The van der Waals surface area contributed by atoms with Gasteiger partial charge in [-0.2, -0.15) is 13.2 Å². The molecule has 0 aliphatic carbocycles. The molecular formula is C15H16F3NO4. The summed E-state index contributed by atoms with van der Waals surface area (Å²) >= 11 is 0. The molecule has 0 aromatic heterocycles. The fraction of sp³-hybridized carbons (Fsp3) is 0.533. The lowest BCUT2D eigenvalue weighted by Crippen LogP contribution is -2.37. The summed E-state index contributed by atoms with van der Waals surface area (Å²) in [5.41, 5.74) is 1.65. The molecule has 8 heteroatoms. The Hall–Kier alpha value is -1.96. The van der Waals surface area contributed by atoms with Gasteiger partial charge in [-0.15, -0.1) is 0 Å². The molecule has 23 heavy (non-hydrogen) atoms. The number of halogens is 3. The van der Waals surface area contributed by atoms with Crippen molar-refractivity contribution in [2.45, 2.75) is 37.6 Å². The highest BCUT2D eigenvalue weighted by Gasteiger charge is 2.39. The van der Waals surface area contributed by atoms with E-state index in [1.807, 2.05) is 0 Å². The highest BCUT2D eigenvalue weighted by Crippen LogP contribution is 2.36. The standard InChI is InChI=1S/C15H16F3NO4/c16-15(17,18)13(20)5-6-22-11-3-4-12-9(7-11)1-2-10-8-23-14(21)19(10)12/h3-4,7,10,13,20H,1-2,5-6,8H2/t10?,13-/m1/s1. The Balaban J connectivity index is 1.64. The highest BCUT2D eigenvalue weighted by atomic mass is 19.4. The Morgan fingerprint density at radius 2 is 2.22 bits per heavy atom. The Morgan fingerprint density at radius 1 is 1.43 bits per heavy atom. The van der Waals surface area contributed by atoms with Crippen molar-refractivity contribution in [3.05, 3.63) is 23.8 Å². The highest BCUT2D eigenvalue weighted by molar-refractivity contribution is 5.92. The van der Waals surface area contributed by atoms with Gasteiger partial charge in [0.2, 0.25) is 0 Å². The van der Waals surface area contributed by atoms with Crippen molar-refractivity contribution in [1.29, 1.82) is 0 Å². The fourth-order valence-electron chi connectivity index (χ4n) is 2.83. The predicted octanol–water partition coefficient (Wildman–Crippen LogP) is 2.65. The predicted molar refractivity (Wildman–Crippen MR) is 74.6 cm³/mol. The summed E-state index contributed by atoms with van der Waals surface area (Å²) < 4.78 is 46.9. The average Bonchev–Trinajstić information content (AvgIpc) is 2.88. The maximum Gasteiger partial charge on any atom is 0.414 e. The summed E-state index contributed by atoms with van der Waals surface area (Å²) in [6.07, 6.45) is -6.41. The third-order valence-corrected chi connectivity index (χ3v) is 4.06. The molecule has 1 aromatic carbocycles. The van der Waals surface area contributed by atoms with Crippen molar-refractivity contribution in [2.24, 2.45) is 0 Å².